The number of nitrogens with zero attached hydrogens (tertiary/aromatic N) is 2. The fourth-order valence-corrected chi connectivity index (χ4v) is 3.14. The van der Waals surface area contributed by atoms with E-state index in [0.29, 0.717) is 22.5 Å². The molecule has 2 N–H and O–H groups in total. The number of hydrogen-bond acceptors (Lipinski definition) is 5. The number of nitrogens with one attached hydrogen (secondary N) is 2. The fraction of sp³-hybridized carbons (Fsp3) is 0.0952. The topological polar surface area (TPSA) is 112 Å². The molecule has 8 heteroatoms. The molecule has 0 saturated carbocycles. The lowest BCUT2D eigenvalue weighted by atomic mass is 10.1. The Kier molecular flexibility index (Phi) is 4.74. The van der Waals surface area contributed by atoms with E-state index >= 15 is 0 Å². The van der Waals surface area contributed by atoms with E-state index in [4.69, 9.17) is 0 Å². The Morgan fingerprint density at radius 3 is 2.31 bits per heavy atom. The van der Waals surface area contributed by atoms with Crippen LogP contribution in [-0.4, -0.2) is 39.4 Å². The second-order valence-corrected chi connectivity index (χ2v) is 6.49. The zero-order valence-electron chi connectivity index (χ0n) is 15.2. The Morgan fingerprint density at radius 1 is 0.931 bits per heavy atom. The number of carbonyl (C=O) groups is 3. The monoisotopic (exact) mass is 388 g/mol. The van der Waals surface area contributed by atoms with Gasteiger partial charge in [0.15, 0.2) is 0 Å². The van der Waals surface area contributed by atoms with E-state index in [1.807, 2.05) is 0 Å². The van der Waals surface area contributed by atoms with Gasteiger partial charge in [0.1, 0.15) is 0 Å². The number of aromatic nitrogens is 2. The van der Waals surface area contributed by atoms with E-state index in [2.05, 4.69) is 15.5 Å². The maximum absolute atomic E-state index is 12.3. The van der Waals surface area contributed by atoms with Crippen LogP contribution in [0.15, 0.2) is 65.5 Å². The summed E-state index contributed by atoms with van der Waals surface area (Å²) < 4.78 is 0. The van der Waals surface area contributed by atoms with Crippen molar-refractivity contribution in [2.75, 3.05) is 11.9 Å². The number of imide groups is 1. The average molecular weight is 388 g/mol. The van der Waals surface area contributed by atoms with Crippen molar-refractivity contribution in [3.8, 4) is 11.3 Å². The predicted octanol–water partition coefficient (Wildman–Crippen LogP) is 2.06. The third-order valence-electron chi connectivity index (χ3n) is 4.56. The van der Waals surface area contributed by atoms with Crippen molar-refractivity contribution < 1.29 is 14.4 Å². The molecule has 0 bridgehead atoms. The molecule has 1 aliphatic heterocycles. The summed E-state index contributed by atoms with van der Waals surface area (Å²) in [5.41, 5.74) is 2.25. The van der Waals surface area contributed by atoms with Crippen LogP contribution in [0.4, 0.5) is 5.69 Å². The number of fused-ring (bicyclic) bond motifs is 1. The number of rotatable bonds is 5. The lowest BCUT2D eigenvalue weighted by Gasteiger charge is -2.13. The van der Waals surface area contributed by atoms with Crippen LogP contribution < -0.4 is 10.9 Å². The molecule has 0 saturated heterocycles. The first kappa shape index (κ1) is 18.3. The molecule has 8 nitrogen and oxygen atoms in total. The van der Waals surface area contributed by atoms with Crippen molar-refractivity contribution in [1.29, 1.82) is 0 Å². The third kappa shape index (κ3) is 3.68. The zero-order chi connectivity index (χ0) is 20.4. The molecule has 3 aromatic rings. The van der Waals surface area contributed by atoms with Crippen LogP contribution in [0.2, 0.25) is 0 Å². The van der Waals surface area contributed by atoms with Crippen LogP contribution >= 0.6 is 0 Å². The predicted molar refractivity (Wildman–Crippen MR) is 105 cm³/mol. The van der Waals surface area contributed by atoms with Gasteiger partial charge in [0.05, 0.1) is 16.8 Å². The number of H-pyrrole nitrogens is 1. The highest BCUT2D eigenvalue weighted by Gasteiger charge is 2.34. The molecule has 2 aromatic carbocycles. The Morgan fingerprint density at radius 2 is 1.66 bits per heavy atom. The van der Waals surface area contributed by atoms with E-state index in [1.54, 1.807) is 54.6 Å². The number of amides is 3. The van der Waals surface area contributed by atoms with Gasteiger partial charge >= 0.3 is 0 Å². The van der Waals surface area contributed by atoms with Crippen molar-refractivity contribution >= 4 is 23.4 Å². The van der Waals surface area contributed by atoms with Gasteiger partial charge in [-0.25, -0.2) is 5.10 Å². The highest BCUT2D eigenvalue weighted by molar-refractivity contribution is 6.21. The van der Waals surface area contributed by atoms with Crippen molar-refractivity contribution in [3.05, 3.63) is 82.1 Å². The lowest BCUT2D eigenvalue weighted by molar-refractivity contribution is -0.116. The molecule has 4 rings (SSSR count). The summed E-state index contributed by atoms with van der Waals surface area (Å²) in [4.78, 5) is 49.2. The number of hydrogen-bond donors (Lipinski definition) is 2. The SMILES string of the molecule is O=C(CCN1C(=O)c2ccccc2C1=O)Nc1cccc(-c2ccc(=O)[nH]n2)c1. The van der Waals surface area contributed by atoms with Crippen molar-refractivity contribution in [2.45, 2.75) is 6.42 Å². The number of aromatic amines is 1. The van der Waals surface area contributed by atoms with Crippen LogP contribution in [0.25, 0.3) is 11.3 Å². The van der Waals surface area contributed by atoms with Gasteiger partial charge in [0.25, 0.3) is 17.4 Å². The summed E-state index contributed by atoms with van der Waals surface area (Å²) in [6.45, 7) is -0.000646. The average Bonchev–Trinajstić information content (AvgIpc) is 2.97. The van der Waals surface area contributed by atoms with Gasteiger partial charge in [0.2, 0.25) is 5.91 Å². The van der Waals surface area contributed by atoms with E-state index in [-0.39, 0.29) is 36.2 Å². The van der Waals surface area contributed by atoms with Gasteiger partial charge in [-0.05, 0) is 30.3 Å². The quantitative estimate of drug-likeness (QED) is 0.650. The second kappa shape index (κ2) is 7.51. The Hall–Kier alpha value is -4.07. The smallest absolute Gasteiger partial charge is 0.264 e. The largest absolute Gasteiger partial charge is 0.326 e. The molecule has 0 fully saturated rings. The number of benzene rings is 2. The van der Waals surface area contributed by atoms with Crippen LogP contribution in [-0.2, 0) is 4.79 Å². The van der Waals surface area contributed by atoms with Gasteiger partial charge in [-0.2, -0.15) is 5.10 Å². The third-order valence-corrected chi connectivity index (χ3v) is 4.56. The highest BCUT2D eigenvalue weighted by atomic mass is 16.2. The Labute approximate surface area is 165 Å². The van der Waals surface area contributed by atoms with Crippen molar-refractivity contribution in [3.63, 3.8) is 0 Å². The van der Waals surface area contributed by atoms with Gasteiger partial charge in [-0.15, -0.1) is 0 Å². The molecule has 1 aromatic heterocycles. The summed E-state index contributed by atoms with van der Waals surface area (Å²) in [6, 6.07) is 16.6. The minimum atomic E-state index is -0.385. The van der Waals surface area contributed by atoms with E-state index in [0.717, 1.165) is 10.5 Å². The number of carbonyl (C=O) groups excluding carboxylic acids is 3. The molecule has 29 heavy (non-hydrogen) atoms. The fourth-order valence-electron chi connectivity index (χ4n) is 3.14. The van der Waals surface area contributed by atoms with E-state index < -0.39 is 0 Å². The molecule has 0 unspecified atom stereocenters. The normalized spacial score (nSPS) is 12.8. The standard InChI is InChI=1S/C21H16N4O4/c26-18(10-11-25-20(28)15-6-1-2-7-16(15)21(25)29)22-14-5-3-4-13(12-14)17-8-9-19(27)24-23-17/h1-9,12H,10-11H2,(H,22,26)(H,24,27). The van der Waals surface area contributed by atoms with Gasteiger partial charge < -0.3 is 5.32 Å². The maximum Gasteiger partial charge on any atom is 0.264 e. The van der Waals surface area contributed by atoms with Gasteiger partial charge in [0, 0.05) is 30.3 Å². The first-order chi connectivity index (χ1) is 14.0. The van der Waals surface area contributed by atoms with Gasteiger partial charge in [-0.3, -0.25) is 24.1 Å². The summed E-state index contributed by atoms with van der Waals surface area (Å²) in [5.74, 6) is -1.10. The summed E-state index contributed by atoms with van der Waals surface area (Å²) in [7, 11) is 0. The number of anilines is 1. The van der Waals surface area contributed by atoms with Crippen molar-refractivity contribution in [1.82, 2.24) is 15.1 Å². The molecule has 144 valence electrons. The molecule has 1 aliphatic rings. The van der Waals surface area contributed by atoms with Crippen molar-refractivity contribution in [2.24, 2.45) is 0 Å². The zero-order valence-corrected chi connectivity index (χ0v) is 15.2. The first-order valence-electron chi connectivity index (χ1n) is 8.94. The molecule has 3 amide bonds. The molecule has 0 spiro atoms. The Bertz CT molecular complexity index is 1130. The molecular formula is C21H16N4O4. The molecule has 2 heterocycles. The molecular weight excluding hydrogens is 372 g/mol. The minimum Gasteiger partial charge on any atom is -0.326 e. The van der Waals surface area contributed by atoms with E-state index in [9.17, 15) is 19.2 Å². The molecule has 0 atom stereocenters. The maximum atomic E-state index is 12.3. The minimum absolute atomic E-state index is 0.000646. The molecule has 0 radical (unpaired) electrons. The van der Waals surface area contributed by atoms with Crippen LogP contribution in [0.3, 0.4) is 0 Å². The Balaban J connectivity index is 1.40. The second-order valence-electron chi connectivity index (χ2n) is 6.49. The summed E-state index contributed by atoms with van der Waals surface area (Å²) in [5, 5.41) is 9.08. The molecule has 0 aliphatic carbocycles. The van der Waals surface area contributed by atoms with E-state index in [1.165, 1.54) is 6.07 Å². The summed E-state index contributed by atoms with van der Waals surface area (Å²) in [6.07, 6.45) is -0.0212. The van der Waals surface area contributed by atoms with Crippen LogP contribution in [0, 0.1) is 0 Å². The lowest BCUT2D eigenvalue weighted by Crippen LogP contribution is -2.32. The van der Waals surface area contributed by atoms with Crippen LogP contribution in [0.1, 0.15) is 27.1 Å². The van der Waals surface area contributed by atoms with Crippen LogP contribution in [0.5, 0.6) is 0 Å². The summed E-state index contributed by atoms with van der Waals surface area (Å²) >= 11 is 0. The highest BCUT2D eigenvalue weighted by Crippen LogP contribution is 2.23. The first-order valence-corrected chi connectivity index (χ1v) is 8.94. The van der Waals surface area contributed by atoms with Gasteiger partial charge in [-0.1, -0.05) is 24.3 Å².